The number of carbonyl (C=O) groups excluding carboxylic acids is 4. The molecule has 0 heterocycles. The number of ether oxygens (including phenoxy) is 2. The van der Waals surface area contributed by atoms with Gasteiger partial charge < -0.3 is 9.47 Å². The molecule has 0 amide bonds. The van der Waals surface area contributed by atoms with Crippen molar-refractivity contribution in [3.8, 4) is 0 Å². The maximum atomic E-state index is 13.8. The minimum Gasteiger partial charge on any atom is -0.462 e. The molecule has 0 aromatic heterocycles. The van der Waals surface area contributed by atoms with Crippen LogP contribution in [0.5, 0.6) is 0 Å². The zero-order chi connectivity index (χ0) is 30.3. The minimum absolute atomic E-state index is 0.0185. The lowest BCUT2D eigenvalue weighted by molar-refractivity contribution is -0.166. The van der Waals surface area contributed by atoms with Gasteiger partial charge in [0.2, 0.25) is 0 Å². The SMILES string of the molecule is C=C(C(=O)[C@H](OC(C)=O)[C@@H](C)[C@H]1[C@@H](OC(C)=O)C[C@@]2(C)[C@@H]3CC[C@H]4C(C)C(=O)C=CC45CC35CC[C@]12C)[C@@H](C)CC. The molecule has 0 aliphatic heterocycles. The van der Waals surface area contributed by atoms with Gasteiger partial charge >= 0.3 is 11.9 Å². The molecule has 4 saturated carbocycles. The summed E-state index contributed by atoms with van der Waals surface area (Å²) in [7, 11) is 0. The molecule has 5 aliphatic carbocycles. The maximum Gasteiger partial charge on any atom is 0.303 e. The number of carbonyl (C=O) groups is 4. The summed E-state index contributed by atoms with van der Waals surface area (Å²) < 4.78 is 11.9. The first-order valence-electron chi connectivity index (χ1n) is 15.9. The van der Waals surface area contributed by atoms with E-state index in [1.165, 1.54) is 13.8 Å². The summed E-state index contributed by atoms with van der Waals surface area (Å²) in [6, 6.07) is 0. The molecular weight excluding hydrogens is 516 g/mol. The van der Waals surface area contributed by atoms with Crippen molar-refractivity contribution in [2.75, 3.05) is 0 Å². The summed E-state index contributed by atoms with van der Waals surface area (Å²) in [4.78, 5) is 51.3. The van der Waals surface area contributed by atoms with Crippen LogP contribution in [0.15, 0.2) is 24.3 Å². The highest BCUT2D eigenvalue weighted by atomic mass is 16.6. The Bertz CT molecular complexity index is 1200. The van der Waals surface area contributed by atoms with Gasteiger partial charge in [0.25, 0.3) is 0 Å². The van der Waals surface area contributed by atoms with Crippen molar-refractivity contribution in [3.05, 3.63) is 24.3 Å². The van der Waals surface area contributed by atoms with Crippen LogP contribution in [0.1, 0.15) is 100 Å². The van der Waals surface area contributed by atoms with Crippen LogP contribution >= 0.6 is 0 Å². The molecule has 4 fully saturated rings. The van der Waals surface area contributed by atoms with E-state index in [2.05, 4.69) is 33.4 Å². The Morgan fingerprint density at radius 3 is 2.37 bits per heavy atom. The summed E-state index contributed by atoms with van der Waals surface area (Å²) in [6.07, 6.45) is 9.54. The van der Waals surface area contributed by atoms with Crippen molar-refractivity contribution in [1.29, 1.82) is 0 Å². The van der Waals surface area contributed by atoms with Gasteiger partial charge in [-0.1, -0.05) is 54.2 Å². The van der Waals surface area contributed by atoms with Crippen LogP contribution < -0.4 is 0 Å². The van der Waals surface area contributed by atoms with Gasteiger partial charge in [-0.25, -0.2) is 0 Å². The van der Waals surface area contributed by atoms with Crippen molar-refractivity contribution < 1.29 is 28.7 Å². The number of fused-ring (bicyclic) bond motifs is 2. The fourth-order valence-electron chi connectivity index (χ4n) is 11.1. The maximum absolute atomic E-state index is 13.8. The van der Waals surface area contributed by atoms with Crippen LogP contribution in [0.2, 0.25) is 0 Å². The van der Waals surface area contributed by atoms with E-state index in [0.717, 1.165) is 44.9 Å². The van der Waals surface area contributed by atoms with Crippen molar-refractivity contribution in [3.63, 3.8) is 0 Å². The number of esters is 2. The molecule has 0 radical (unpaired) electrons. The van der Waals surface area contributed by atoms with Gasteiger partial charge in [0.15, 0.2) is 17.7 Å². The van der Waals surface area contributed by atoms with E-state index in [-0.39, 0.29) is 69.0 Å². The smallest absolute Gasteiger partial charge is 0.303 e. The van der Waals surface area contributed by atoms with Gasteiger partial charge in [-0.2, -0.15) is 0 Å². The van der Waals surface area contributed by atoms with E-state index in [4.69, 9.17) is 9.47 Å². The molecule has 0 saturated heterocycles. The summed E-state index contributed by atoms with van der Waals surface area (Å²) in [5, 5.41) is 0. The Hall–Kier alpha value is -2.24. The lowest BCUT2D eigenvalue weighted by atomic mass is 9.43. The van der Waals surface area contributed by atoms with Crippen molar-refractivity contribution in [1.82, 2.24) is 0 Å². The fraction of sp³-hybridized carbons (Fsp3) is 0.771. The molecular formula is C35H50O6. The lowest BCUT2D eigenvalue weighted by Crippen LogP contribution is -2.56. The highest BCUT2D eigenvalue weighted by molar-refractivity contribution is 5.99. The van der Waals surface area contributed by atoms with Crippen LogP contribution in [-0.2, 0) is 28.7 Å². The summed E-state index contributed by atoms with van der Waals surface area (Å²) >= 11 is 0. The summed E-state index contributed by atoms with van der Waals surface area (Å²) in [5.74, 6) is -0.382. The Kier molecular flexibility index (Phi) is 7.30. The van der Waals surface area contributed by atoms with E-state index < -0.39 is 12.1 Å². The molecule has 0 bridgehead atoms. The van der Waals surface area contributed by atoms with Crippen LogP contribution in [0.25, 0.3) is 0 Å². The average Bonchev–Trinajstić information content (AvgIpc) is 3.52. The largest absolute Gasteiger partial charge is 0.462 e. The van der Waals surface area contributed by atoms with E-state index in [0.29, 0.717) is 17.4 Å². The minimum atomic E-state index is -0.969. The van der Waals surface area contributed by atoms with E-state index in [9.17, 15) is 19.2 Å². The van der Waals surface area contributed by atoms with Gasteiger partial charge in [0.1, 0.15) is 6.10 Å². The Morgan fingerprint density at radius 2 is 1.76 bits per heavy atom. The van der Waals surface area contributed by atoms with E-state index in [1.807, 2.05) is 26.8 Å². The molecule has 0 aromatic carbocycles. The Morgan fingerprint density at radius 1 is 1.07 bits per heavy atom. The first-order valence-corrected chi connectivity index (χ1v) is 15.9. The highest BCUT2D eigenvalue weighted by Crippen LogP contribution is 2.87. The Balaban J connectivity index is 1.54. The number of ketones is 2. The van der Waals surface area contributed by atoms with Gasteiger partial charge in [-0.05, 0) is 96.0 Å². The van der Waals surface area contributed by atoms with Gasteiger partial charge in [-0.15, -0.1) is 0 Å². The first kappa shape index (κ1) is 30.2. The molecule has 226 valence electrons. The van der Waals surface area contributed by atoms with Crippen molar-refractivity contribution >= 4 is 23.5 Å². The predicted octanol–water partition coefficient (Wildman–Crippen LogP) is 6.66. The van der Waals surface area contributed by atoms with Gasteiger partial charge in [0, 0.05) is 31.6 Å². The highest BCUT2D eigenvalue weighted by Gasteiger charge is 2.81. The molecule has 5 aliphatic rings. The molecule has 3 unspecified atom stereocenters. The normalized spacial score (nSPS) is 44.3. The zero-order valence-electron chi connectivity index (χ0n) is 26.4. The van der Waals surface area contributed by atoms with Crippen molar-refractivity contribution in [2.45, 2.75) is 113 Å². The second-order valence-electron chi connectivity index (χ2n) is 14.9. The number of Topliss-reactive ketones (excluding diaryl/α,β-unsaturated/α-hetero) is 1. The van der Waals surface area contributed by atoms with Crippen LogP contribution in [0, 0.1) is 57.2 Å². The molecule has 12 atom stereocenters. The molecule has 5 rings (SSSR count). The van der Waals surface area contributed by atoms with E-state index in [1.54, 1.807) is 0 Å². The monoisotopic (exact) mass is 566 g/mol. The van der Waals surface area contributed by atoms with E-state index >= 15 is 0 Å². The standard InChI is InChI=1S/C35H50O6/c1-10-19(2)20(3)30(39)31(41-24(7)37)22(5)29-27(40-23(6)36)17-33(9)28-12-11-25-21(4)26(38)13-14-34(25)18-35(28,34)16-15-32(29,33)8/h13-14,19,21-22,25,27-29,31H,3,10-12,15-18H2,1-2,4-9H3/t19-,21?,22-,25-,27-,28-,29-,31+,32+,33-,34?,35?/m0/s1. The van der Waals surface area contributed by atoms with Gasteiger partial charge in [0.05, 0.1) is 0 Å². The molecule has 6 nitrogen and oxygen atoms in total. The first-order chi connectivity index (χ1) is 19.1. The van der Waals surface area contributed by atoms with Crippen molar-refractivity contribution in [2.24, 2.45) is 57.2 Å². The van der Waals surface area contributed by atoms with Gasteiger partial charge in [-0.3, -0.25) is 19.2 Å². The molecule has 2 spiro atoms. The molecule has 6 heteroatoms. The number of rotatable bonds is 8. The fourth-order valence-corrected chi connectivity index (χ4v) is 11.1. The number of allylic oxidation sites excluding steroid dienone is 2. The van der Waals surface area contributed by atoms with Crippen LogP contribution in [0.4, 0.5) is 0 Å². The molecule has 0 aromatic rings. The zero-order valence-corrected chi connectivity index (χ0v) is 26.4. The predicted molar refractivity (Wildman–Crippen MR) is 156 cm³/mol. The lowest BCUT2D eigenvalue weighted by Gasteiger charge is -2.61. The van der Waals surface area contributed by atoms with Crippen LogP contribution in [0.3, 0.4) is 0 Å². The summed E-state index contributed by atoms with van der Waals surface area (Å²) in [6.45, 7) is 19.8. The third-order valence-electron chi connectivity index (χ3n) is 13.5. The third-order valence-corrected chi connectivity index (χ3v) is 13.5. The topological polar surface area (TPSA) is 86.7 Å². The third kappa shape index (κ3) is 4.08. The van der Waals surface area contributed by atoms with Crippen LogP contribution in [-0.4, -0.2) is 35.7 Å². The second kappa shape index (κ2) is 9.91. The number of hydrogen-bond donors (Lipinski definition) is 0. The molecule has 41 heavy (non-hydrogen) atoms. The second-order valence-corrected chi connectivity index (χ2v) is 14.9. The number of hydrogen-bond acceptors (Lipinski definition) is 6. The quantitative estimate of drug-likeness (QED) is 0.241. The Labute approximate surface area is 246 Å². The summed E-state index contributed by atoms with van der Waals surface area (Å²) in [5.41, 5.74) is 0.390. The average molecular weight is 567 g/mol. The molecule has 0 N–H and O–H groups in total.